The quantitative estimate of drug-likeness (QED) is 0.349. The molecule has 1 heterocycles. The van der Waals surface area contributed by atoms with Crippen LogP contribution >= 0.6 is 0 Å². The third-order valence-electron chi connectivity index (χ3n) is 6.20. The van der Waals surface area contributed by atoms with Crippen molar-refractivity contribution in [2.45, 2.75) is 111 Å². The number of rotatable bonds is 11. The van der Waals surface area contributed by atoms with Crippen LogP contribution in [0.5, 0.6) is 0 Å². The first-order valence-electron chi connectivity index (χ1n) is 12.4. The summed E-state index contributed by atoms with van der Waals surface area (Å²) in [6.07, 6.45) is 11.8. The number of carbonyl (C=O) groups is 1. The van der Waals surface area contributed by atoms with Crippen molar-refractivity contribution in [1.82, 2.24) is 4.90 Å². The number of ketones is 1. The van der Waals surface area contributed by atoms with E-state index in [9.17, 15) is 4.79 Å². The van der Waals surface area contributed by atoms with E-state index in [0.29, 0.717) is 11.8 Å². The Morgan fingerprint density at radius 3 is 2.20 bits per heavy atom. The average molecular weight is 415 g/mol. The van der Waals surface area contributed by atoms with E-state index in [0.717, 1.165) is 37.9 Å². The molecule has 3 atom stereocenters. The molecule has 3 heteroatoms. The molecule has 3 nitrogen and oxygen atoms in total. The summed E-state index contributed by atoms with van der Waals surface area (Å²) in [5.41, 5.74) is 1.33. The third kappa shape index (κ3) is 8.62. The Hall–Kier alpha value is -1.64. The maximum Gasteiger partial charge on any atom is 0.160 e. The van der Waals surface area contributed by atoms with Crippen LogP contribution in [0, 0.1) is 5.92 Å². The van der Waals surface area contributed by atoms with Gasteiger partial charge in [0.25, 0.3) is 0 Å². The molecule has 170 valence electrons. The summed E-state index contributed by atoms with van der Waals surface area (Å²) in [4.78, 5) is 19.7. The number of hydrogen-bond acceptors (Lipinski definition) is 2. The van der Waals surface area contributed by atoms with Gasteiger partial charge in [0.15, 0.2) is 5.78 Å². The topological polar surface area (TPSA) is 32.7 Å². The lowest BCUT2D eigenvalue weighted by Crippen LogP contribution is -2.29. The minimum atomic E-state index is -0.165. The summed E-state index contributed by atoms with van der Waals surface area (Å²) in [7, 11) is 2.11. The second-order valence-corrected chi connectivity index (χ2v) is 8.70. The smallest absolute Gasteiger partial charge is 0.160 e. The molecule has 0 N–H and O–H groups in total. The highest BCUT2D eigenvalue weighted by atomic mass is 16.1. The van der Waals surface area contributed by atoms with E-state index < -0.39 is 0 Å². The molecular weight excluding hydrogens is 368 g/mol. The van der Waals surface area contributed by atoms with Gasteiger partial charge in [-0.15, -0.1) is 0 Å². The lowest BCUT2D eigenvalue weighted by atomic mass is 9.95. The van der Waals surface area contributed by atoms with Crippen molar-refractivity contribution in [3.63, 3.8) is 0 Å². The number of aliphatic imine (C=N–C) groups is 1. The summed E-state index contributed by atoms with van der Waals surface area (Å²) >= 11 is 0. The molecule has 30 heavy (non-hydrogen) atoms. The van der Waals surface area contributed by atoms with Crippen LogP contribution in [0.4, 0.5) is 0 Å². The lowest BCUT2D eigenvalue weighted by molar-refractivity contribution is -0.123. The molecule has 1 saturated heterocycles. The van der Waals surface area contributed by atoms with E-state index >= 15 is 0 Å². The second kappa shape index (κ2) is 15.2. The van der Waals surface area contributed by atoms with Crippen LogP contribution in [-0.2, 0) is 4.79 Å². The van der Waals surface area contributed by atoms with Gasteiger partial charge in [0.1, 0.15) is 11.9 Å². The molecule has 1 aliphatic rings. The molecule has 1 aromatic carbocycles. The van der Waals surface area contributed by atoms with Crippen LogP contribution in [0.2, 0.25) is 0 Å². The highest BCUT2D eigenvalue weighted by molar-refractivity contribution is 5.91. The number of nitrogens with zero attached hydrogens (tertiary/aromatic N) is 2. The van der Waals surface area contributed by atoms with Gasteiger partial charge in [0, 0.05) is 19.4 Å². The van der Waals surface area contributed by atoms with Crippen LogP contribution in [0.1, 0.15) is 110 Å². The van der Waals surface area contributed by atoms with Crippen molar-refractivity contribution in [2.75, 3.05) is 7.05 Å². The van der Waals surface area contributed by atoms with Gasteiger partial charge < -0.3 is 4.90 Å². The number of benzene rings is 1. The molecule has 0 radical (unpaired) electrons. The van der Waals surface area contributed by atoms with Gasteiger partial charge in [-0.25, -0.2) is 0 Å². The molecule has 1 fully saturated rings. The molecule has 0 spiro atoms. The maximum absolute atomic E-state index is 12.6. The summed E-state index contributed by atoms with van der Waals surface area (Å²) in [5, 5.41) is 0. The first kappa shape index (κ1) is 26.4. The molecule has 0 bridgehead atoms. The van der Waals surface area contributed by atoms with Crippen molar-refractivity contribution in [3.05, 3.63) is 35.9 Å². The highest BCUT2D eigenvalue weighted by Gasteiger charge is 2.29. The van der Waals surface area contributed by atoms with E-state index in [-0.39, 0.29) is 12.0 Å². The van der Waals surface area contributed by atoms with E-state index in [2.05, 4.69) is 70.0 Å². The Balaban J connectivity index is 0.000000553. The van der Waals surface area contributed by atoms with Gasteiger partial charge in [-0.1, -0.05) is 103 Å². The van der Waals surface area contributed by atoms with Crippen LogP contribution in [-0.4, -0.2) is 29.6 Å². The van der Waals surface area contributed by atoms with Crippen molar-refractivity contribution < 1.29 is 4.79 Å². The fourth-order valence-corrected chi connectivity index (χ4v) is 3.97. The largest absolute Gasteiger partial charge is 0.356 e. The third-order valence-corrected chi connectivity index (χ3v) is 6.20. The Morgan fingerprint density at radius 1 is 1.03 bits per heavy atom. The van der Waals surface area contributed by atoms with Crippen LogP contribution < -0.4 is 0 Å². The predicted octanol–water partition coefficient (Wildman–Crippen LogP) is 7.61. The number of hydrogen-bond donors (Lipinski definition) is 0. The normalized spacial score (nSPS) is 19.3. The molecule has 1 aliphatic heterocycles. The molecule has 0 aromatic heterocycles. The summed E-state index contributed by atoms with van der Waals surface area (Å²) in [5.74, 6) is 1.50. The van der Waals surface area contributed by atoms with E-state index in [1.807, 2.05) is 6.92 Å². The maximum atomic E-state index is 12.6. The van der Waals surface area contributed by atoms with Crippen molar-refractivity contribution >= 4 is 11.6 Å². The van der Waals surface area contributed by atoms with Gasteiger partial charge in [-0.3, -0.25) is 9.79 Å². The molecule has 1 aromatic rings. The standard InChI is InChI=1S/C20H30N2O.C7H16/c1-5-10-17(20(23)15(3)6-2)21-19-14-13-18(22(19)4)16-11-8-7-9-12-16;1-3-5-7-6-4-2/h7-9,11-12,15,17-18H,5-6,10,13-14H2,1-4H3;3-7H2,1-2H3. The zero-order valence-electron chi connectivity index (χ0n) is 20.5. The minimum absolute atomic E-state index is 0.104. The Kier molecular flexibility index (Phi) is 13.4. The van der Waals surface area contributed by atoms with Gasteiger partial charge in [0.05, 0.1) is 6.04 Å². The number of unbranched alkanes of at least 4 members (excludes halogenated alkanes) is 4. The molecular formula is C27H46N2O. The van der Waals surface area contributed by atoms with Crippen molar-refractivity contribution in [1.29, 1.82) is 0 Å². The van der Waals surface area contributed by atoms with Crippen LogP contribution in [0.15, 0.2) is 35.3 Å². The molecule has 0 amide bonds. The van der Waals surface area contributed by atoms with Gasteiger partial charge >= 0.3 is 0 Å². The Labute approximate surface area is 186 Å². The Morgan fingerprint density at radius 2 is 1.67 bits per heavy atom. The van der Waals surface area contributed by atoms with Crippen molar-refractivity contribution in [2.24, 2.45) is 10.9 Å². The lowest BCUT2D eigenvalue weighted by Gasteiger charge is -2.24. The molecule has 0 aliphatic carbocycles. The van der Waals surface area contributed by atoms with E-state index in [4.69, 9.17) is 4.99 Å². The monoisotopic (exact) mass is 414 g/mol. The van der Waals surface area contributed by atoms with Gasteiger partial charge in [0.2, 0.25) is 0 Å². The van der Waals surface area contributed by atoms with Crippen LogP contribution in [0.3, 0.4) is 0 Å². The number of likely N-dealkylation sites (tertiary alicyclic amines) is 1. The summed E-state index contributed by atoms with van der Waals surface area (Å²) < 4.78 is 0. The highest BCUT2D eigenvalue weighted by Crippen LogP contribution is 2.32. The average Bonchev–Trinajstić information content (AvgIpc) is 3.14. The second-order valence-electron chi connectivity index (χ2n) is 8.70. The van der Waals surface area contributed by atoms with E-state index in [1.165, 1.54) is 37.7 Å². The number of amidine groups is 1. The molecule has 2 rings (SSSR count). The van der Waals surface area contributed by atoms with Crippen LogP contribution in [0.25, 0.3) is 0 Å². The Bertz CT molecular complexity index is 607. The van der Waals surface area contributed by atoms with Gasteiger partial charge in [-0.2, -0.15) is 0 Å². The van der Waals surface area contributed by atoms with E-state index in [1.54, 1.807) is 0 Å². The zero-order chi connectivity index (χ0) is 22.4. The zero-order valence-corrected chi connectivity index (χ0v) is 20.5. The fourth-order valence-electron chi connectivity index (χ4n) is 3.97. The molecule has 0 saturated carbocycles. The molecule has 3 unspecified atom stereocenters. The first-order valence-corrected chi connectivity index (χ1v) is 12.4. The number of carbonyl (C=O) groups excluding carboxylic acids is 1. The number of Topliss-reactive ketones (excluding diaryl/α,β-unsaturated/α-hetero) is 1. The summed E-state index contributed by atoms with van der Waals surface area (Å²) in [6.45, 7) is 10.7. The predicted molar refractivity (Wildman–Crippen MR) is 131 cm³/mol. The summed E-state index contributed by atoms with van der Waals surface area (Å²) in [6, 6.07) is 10.8. The van der Waals surface area contributed by atoms with Gasteiger partial charge in [-0.05, 0) is 24.8 Å². The van der Waals surface area contributed by atoms with Crippen molar-refractivity contribution in [3.8, 4) is 0 Å². The fraction of sp³-hybridized carbons (Fsp3) is 0.704. The first-order chi connectivity index (χ1) is 14.5. The minimum Gasteiger partial charge on any atom is -0.356 e. The SMILES string of the molecule is CCCC(N=C1CCC(c2ccccc2)N1C)C(=O)C(C)CC.CCCCCCC.